The quantitative estimate of drug-likeness (QED) is 0.595. The highest BCUT2D eigenvalue weighted by atomic mass is 79.9. The lowest BCUT2D eigenvalue weighted by Gasteiger charge is -2.08. The molecule has 1 heterocycles. The van der Waals surface area contributed by atoms with E-state index in [-0.39, 0.29) is 5.92 Å². The van der Waals surface area contributed by atoms with Gasteiger partial charge in [0.1, 0.15) is 0 Å². The topological polar surface area (TPSA) is 44.1 Å². The molecule has 0 saturated carbocycles. The van der Waals surface area contributed by atoms with Gasteiger partial charge in [-0.25, -0.2) is 9.48 Å². The molecular formula is C19H17BrN2O2. The number of nitrogens with zero attached hydrogens (tertiary/aromatic N) is 2. The number of halogens is 1. The Morgan fingerprint density at radius 1 is 1.08 bits per heavy atom. The fraction of sp³-hybridized carbons (Fsp3) is 0.158. The summed E-state index contributed by atoms with van der Waals surface area (Å²) in [5.41, 5.74) is 2.21. The largest absolute Gasteiger partial charge is 0.404 e. The summed E-state index contributed by atoms with van der Waals surface area (Å²) >= 11 is 3.36. The van der Waals surface area contributed by atoms with Crippen LogP contribution in [-0.4, -0.2) is 15.7 Å². The Kier molecular flexibility index (Phi) is 4.81. The fourth-order valence-corrected chi connectivity index (χ4v) is 2.49. The molecule has 3 rings (SSSR count). The van der Waals surface area contributed by atoms with Crippen molar-refractivity contribution < 1.29 is 9.53 Å². The molecule has 0 atom stereocenters. The van der Waals surface area contributed by atoms with Gasteiger partial charge in [0.2, 0.25) is 5.88 Å². The Balaban J connectivity index is 1.94. The number of hydrogen-bond acceptors (Lipinski definition) is 3. The molecule has 0 aliphatic heterocycles. The summed E-state index contributed by atoms with van der Waals surface area (Å²) < 4.78 is 8.17. The van der Waals surface area contributed by atoms with E-state index in [1.165, 1.54) is 0 Å². The first kappa shape index (κ1) is 16.5. The molecular weight excluding hydrogens is 368 g/mol. The van der Waals surface area contributed by atoms with Crippen LogP contribution in [0.1, 0.15) is 35.8 Å². The highest BCUT2D eigenvalue weighted by Gasteiger charge is 2.17. The molecule has 4 nitrogen and oxygen atoms in total. The van der Waals surface area contributed by atoms with E-state index in [0.29, 0.717) is 11.4 Å². The first-order chi connectivity index (χ1) is 11.5. The van der Waals surface area contributed by atoms with E-state index in [2.05, 4.69) is 34.9 Å². The Morgan fingerprint density at radius 2 is 1.75 bits per heavy atom. The van der Waals surface area contributed by atoms with E-state index >= 15 is 0 Å². The molecule has 0 amide bonds. The van der Waals surface area contributed by atoms with Gasteiger partial charge in [-0.1, -0.05) is 48.0 Å². The number of benzene rings is 2. The van der Waals surface area contributed by atoms with E-state index in [1.807, 2.05) is 48.5 Å². The van der Waals surface area contributed by atoms with Gasteiger partial charge in [-0.15, -0.1) is 0 Å². The van der Waals surface area contributed by atoms with E-state index in [0.717, 1.165) is 15.9 Å². The summed E-state index contributed by atoms with van der Waals surface area (Å²) in [6.07, 6.45) is 0. The van der Waals surface area contributed by atoms with Gasteiger partial charge in [-0.05, 0) is 42.3 Å². The highest BCUT2D eigenvalue weighted by Crippen LogP contribution is 2.24. The summed E-state index contributed by atoms with van der Waals surface area (Å²) in [5.74, 6) is 0.243. The zero-order valence-electron chi connectivity index (χ0n) is 13.4. The van der Waals surface area contributed by atoms with Crippen molar-refractivity contribution >= 4 is 21.9 Å². The Morgan fingerprint density at radius 3 is 2.38 bits per heavy atom. The SMILES string of the molecule is CC(C)c1cc(OC(=O)c2ccc(Br)cc2)n(-c2ccccc2)n1. The lowest BCUT2D eigenvalue weighted by molar-refractivity contribution is 0.0723. The molecule has 0 radical (unpaired) electrons. The first-order valence-electron chi connectivity index (χ1n) is 7.67. The maximum atomic E-state index is 12.4. The number of carbonyl (C=O) groups is 1. The molecule has 5 heteroatoms. The molecule has 0 saturated heterocycles. The zero-order chi connectivity index (χ0) is 17.1. The third-order valence-electron chi connectivity index (χ3n) is 3.57. The standard InChI is InChI=1S/C19H17BrN2O2/c1-13(2)17-12-18(22(21-17)16-6-4-3-5-7-16)24-19(23)14-8-10-15(20)11-9-14/h3-13H,1-2H3. The maximum absolute atomic E-state index is 12.4. The van der Waals surface area contributed by atoms with Crippen molar-refractivity contribution in [2.45, 2.75) is 19.8 Å². The second-order valence-electron chi connectivity index (χ2n) is 5.71. The number of ether oxygens (including phenoxy) is 1. The molecule has 0 spiro atoms. The molecule has 122 valence electrons. The van der Waals surface area contributed by atoms with Crippen molar-refractivity contribution in [3.8, 4) is 11.6 Å². The summed E-state index contributed by atoms with van der Waals surface area (Å²) in [7, 11) is 0. The predicted molar refractivity (Wildman–Crippen MR) is 96.8 cm³/mol. The third kappa shape index (κ3) is 3.57. The van der Waals surface area contributed by atoms with Crippen LogP contribution in [0, 0.1) is 0 Å². The number of hydrogen-bond donors (Lipinski definition) is 0. The number of rotatable bonds is 4. The van der Waals surface area contributed by atoms with Crippen LogP contribution in [0.2, 0.25) is 0 Å². The number of para-hydroxylation sites is 1. The Labute approximate surface area is 149 Å². The van der Waals surface area contributed by atoms with Gasteiger partial charge >= 0.3 is 5.97 Å². The van der Waals surface area contributed by atoms with Gasteiger partial charge in [0.05, 0.1) is 16.9 Å². The van der Waals surface area contributed by atoms with Crippen molar-refractivity contribution in [3.05, 3.63) is 76.4 Å². The molecule has 0 aliphatic rings. The van der Waals surface area contributed by atoms with Gasteiger partial charge in [0.25, 0.3) is 0 Å². The van der Waals surface area contributed by atoms with Gasteiger partial charge in [0, 0.05) is 10.5 Å². The van der Waals surface area contributed by atoms with Crippen LogP contribution in [0.25, 0.3) is 5.69 Å². The van der Waals surface area contributed by atoms with Crippen LogP contribution in [0.5, 0.6) is 5.88 Å². The van der Waals surface area contributed by atoms with Crippen molar-refractivity contribution in [2.24, 2.45) is 0 Å². The predicted octanol–water partition coefficient (Wildman–Crippen LogP) is 4.98. The molecule has 2 aromatic carbocycles. The minimum Gasteiger partial charge on any atom is -0.404 e. The van der Waals surface area contributed by atoms with Gasteiger partial charge in [0.15, 0.2) is 0 Å². The fourth-order valence-electron chi connectivity index (χ4n) is 2.23. The van der Waals surface area contributed by atoms with E-state index in [1.54, 1.807) is 16.8 Å². The monoisotopic (exact) mass is 384 g/mol. The van der Waals surface area contributed by atoms with E-state index in [9.17, 15) is 4.79 Å². The summed E-state index contributed by atoms with van der Waals surface area (Å²) in [5, 5.41) is 4.57. The minimum atomic E-state index is -0.408. The number of esters is 1. The number of aromatic nitrogens is 2. The maximum Gasteiger partial charge on any atom is 0.344 e. The second-order valence-corrected chi connectivity index (χ2v) is 6.62. The molecule has 24 heavy (non-hydrogen) atoms. The smallest absolute Gasteiger partial charge is 0.344 e. The molecule has 0 aliphatic carbocycles. The Hall–Kier alpha value is -2.40. The van der Waals surface area contributed by atoms with Crippen molar-refractivity contribution in [3.63, 3.8) is 0 Å². The Bertz CT molecular complexity index is 840. The normalized spacial score (nSPS) is 10.8. The van der Waals surface area contributed by atoms with Crippen molar-refractivity contribution in [1.29, 1.82) is 0 Å². The molecule has 1 aromatic heterocycles. The summed E-state index contributed by atoms with van der Waals surface area (Å²) in [6, 6.07) is 18.5. The second kappa shape index (κ2) is 7.01. The average molecular weight is 385 g/mol. The molecule has 0 N–H and O–H groups in total. The third-order valence-corrected chi connectivity index (χ3v) is 4.09. The van der Waals surface area contributed by atoms with Crippen LogP contribution in [0.4, 0.5) is 0 Å². The summed E-state index contributed by atoms with van der Waals surface area (Å²) in [6.45, 7) is 4.11. The summed E-state index contributed by atoms with van der Waals surface area (Å²) in [4.78, 5) is 12.4. The number of carbonyl (C=O) groups excluding carboxylic acids is 1. The zero-order valence-corrected chi connectivity index (χ0v) is 15.0. The van der Waals surface area contributed by atoms with Crippen LogP contribution in [0.3, 0.4) is 0 Å². The van der Waals surface area contributed by atoms with E-state index < -0.39 is 5.97 Å². The van der Waals surface area contributed by atoms with Crippen LogP contribution in [-0.2, 0) is 0 Å². The van der Waals surface area contributed by atoms with Gasteiger partial charge in [-0.2, -0.15) is 5.10 Å². The highest BCUT2D eigenvalue weighted by molar-refractivity contribution is 9.10. The van der Waals surface area contributed by atoms with Crippen molar-refractivity contribution in [2.75, 3.05) is 0 Å². The molecule has 0 bridgehead atoms. The lowest BCUT2D eigenvalue weighted by atomic mass is 10.1. The molecule has 0 unspecified atom stereocenters. The lowest BCUT2D eigenvalue weighted by Crippen LogP contribution is -2.11. The average Bonchev–Trinajstić information content (AvgIpc) is 3.00. The minimum absolute atomic E-state index is 0.236. The van der Waals surface area contributed by atoms with Crippen LogP contribution >= 0.6 is 15.9 Å². The molecule has 3 aromatic rings. The first-order valence-corrected chi connectivity index (χ1v) is 8.47. The van der Waals surface area contributed by atoms with E-state index in [4.69, 9.17) is 4.74 Å². The van der Waals surface area contributed by atoms with Crippen LogP contribution in [0.15, 0.2) is 65.1 Å². The molecule has 0 fully saturated rings. The van der Waals surface area contributed by atoms with Crippen molar-refractivity contribution in [1.82, 2.24) is 9.78 Å². The van der Waals surface area contributed by atoms with Crippen LogP contribution < -0.4 is 4.74 Å². The van der Waals surface area contributed by atoms with Gasteiger partial charge < -0.3 is 4.74 Å². The van der Waals surface area contributed by atoms with Gasteiger partial charge in [-0.3, -0.25) is 0 Å².